The van der Waals surface area contributed by atoms with Gasteiger partial charge in [0, 0.05) is 6.07 Å². The molecule has 2 aromatic heterocycles. The number of hydrogen-bond acceptors (Lipinski definition) is 7. The van der Waals surface area contributed by atoms with Gasteiger partial charge in [0.1, 0.15) is 17.8 Å². The van der Waals surface area contributed by atoms with Crippen molar-refractivity contribution in [3.63, 3.8) is 0 Å². The molecule has 0 saturated carbocycles. The number of benzene rings is 1. The molecule has 0 aliphatic carbocycles. The summed E-state index contributed by atoms with van der Waals surface area (Å²) in [4.78, 5) is 8.22. The normalized spacial score (nSPS) is 10.6. The maximum atomic E-state index is 6.15. The van der Waals surface area contributed by atoms with E-state index in [1.54, 1.807) is 31.2 Å². The standard InChI is InChI=1S/C14H12Cl2N6O/c1-7-5-10(22-23-7)21-14-12(17)13(18-6-19-14)20-9-4-2-3-8(15)11(9)16/h2-6H,17H2,1H3,(H2,18,19,20,21,22). The molecule has 4 N–H and O–H groups in total. The van der Waals surface area contributed by atoms with Crippen LogP contribution in [0.25, 0.3) is 0 Å². The summed E-state index contributed by atoms with van der Waals surface area (Å²) in [5.41, 5.74) is 6.99. The lowest BCUT2D eigenvalue weighted by Crippen LogP contribution is -2.05. The van der Waals surface area contributed by atoms with E-state index in [0.29, 0.717) is 44.6 Å². The first-order valence-electron chi connectivity index (χ1n) is 6.56. The fraction of sp³-hybridized carbons (Fsp3) is 0.0714. The van der Waals surface area contributed by atoms with Crippen LogP contribution in [0.15, 0.2) is 35.1 Å². The van der Waals surface area contributed by atoms with Crippen LogP contribution in [0.2, 0.25) is 10.0 Å². The van der Waals surface area contributed by atoms with Crippen molar-refractivity contribution in [2.75, 3.05) is 16.4 Å². The number of hydrogen-bond donors (Lipinski definition) is 3. The second-order valence-corrected chi connectivity index (χ2v) is 5.44. The van der Waals surface area contributed by atoms with Crippen molar-refractivity contribution in [3.05, 3.63) is 46.4 Å². The van der Waals surface area contributed by atoms with Crippen molar-refractivity contribution in [1.29, 1.82) is 0 Å². The Morgan fingerprint density at radius 3 is 2.57 bits per heavy atom. The lowest BCUT2D eigenvalue weighted by atomic mass is 10.3. The SMILES string of the molecule is Cc1cc(Nc2ncnc(Nc3cccc(Cl)c3Cl)c2N)no1. The lowest BCUT2D eigenvalue weighted by molar-refractivity contribution is 0.400. The third-order valence-corrected chi connectivity index (χ3v) is 3.78. The van der Waals surface area contributed by atoms with Crippen molar-refractivity contribution < 1.29 is 4.52 Å². The van der Waals surface area contributed by atoms with E-state index in [1.807, 2.05) is 0 Å². The molecule has 118 valence electrons. The number of nitrogens with two attached hydrogens (primary N) is 1. The molecule has 0 radical (unpaired) electrons. The Bertz CT molecular complexity index is 851. The maximum absolute atomic E-state index is 6.15. The minimum Gasteiger partial charge on any atom is -0.393 e. The lowest BCUT2D eigenvalue weighted by Gasteiger charge is -2.12. The van der Waals surface area contributed by atoms with Gasteiger partial charge in [0.15, 0.2) is 17.5 Å². The zero-order valence-electron chi connectivity index (χ0n) is 12.0. The summed E-state index contributed by atoms with van der Waals surface area (Å²) >= 11 is 12.1. The highest BCUT2D eigenvalue weighted by Gasteiger charge is 2.12. The molecule has 0 aliphatic rings. The molecule has 1 aromatic carbocycles. The Hall–Kier alpha value is -2.51. The van der Waals surface area contributed by atoms with E-state index in [0.717, 1.165) is 0 Å². The zero-order valence-corrected chi connectivity index (χ0v) is 13.5. The Kier molecular flexibility index (Phi) is 4.22. The maximum Gasteiger partial charge on any atom is 0.175 e. The largest absolute Gasteiger partial charge is 0.393 e. The van der Waals surface area contributed by atoms with E-state index in [1.165, 1.54) is 6.33 Å². The Morgan fingerprint density at radius 2 is 1.87 bits per heavy atom. The van der Waals surface area contributed by atoms with Gasteiger partial charge in [-0.05, 0) is 19.1 Å². The molecule has 0 bridgehead atoms. The molecule has 0 saturated heterocycles. The van der Waals surface area contributed by atoms with E-state index in [-0.39, 0.29) is 0 Å². The smallest absolute Gasteiger partial charge is 0.175 e. The fourth-order valence-corrected chi connectivity index (χ4v) is 2.22. The van der Waals surface area contributed by atoms with Crippen molar-refractivity contribution in [2.45, 2.75) is 6.92 Å². The average Bonchev–Trinajstić information content (AvgIpc) is 2.93. The number of aryl methyl sites for hydroxylation is 1. The Balaban J connectivity index is 1.89. The molecule has 23 heavy (non-hydrogen) atoms. The van der Waals surface area contributed by atoms with Gasteiger partial charge in [-0.3, -0.25) is 0 Å². The van der Waals surface area contributed by atoms with Crippen molar-refractivity contribution >= 4 is 52.0 Å². The average molecular weight is 351 g/mol. The van der Waals surface area contributed by atoms with Gasteiger partial charge in [-0.15, -0.1) is 0 Å². The first-order valence-corrected chi connectivity index (χ1v) is 7.32. The molecule has 0 amide bonds. The van der Waals surface area contributed by atoms with E-state index >= 15 is 0 Å². The van der Waals surface area contributed by atoms with E-state index in [4.69, 9.17) is 33.5 Å². The molecular formula is C14H12Cl2N6O. The summed E-state index contributed by atoms with van der Waals surface area (Å²) in [5, 5.41) is 10.6. The summed E-state index contributed by atoms with van der Waals surface area (Å²) in [7, 11) is 0. The second kappa shape index (κ2) is 6.31. The highest BCUT2D eigenvalue weighted by Crippen LogP contribution is 2.34. The van der Waals surface area contributed by atoms with Crippen LogP contribution >= 0.6 is 23.2 Å². The van der Waals surface area contributed by atoms with Crippen LogP contribution in [0.1, 0.15) is 5.76 Å². The summed E-state index contributed by atoms with van der Waals surface area (Å²) < 4.78 is 4.99. The van der Waals surface area contributed by atoms with Crippen molar-refractivity contribution in [1.82, 2.24) is 15.1 Å². The highest BCUT2D eigenvalue weighted by molar-refractivity contribution is 6.43. The van der Waals surface area contributed by atoms with Gasteiger partial charge in [-0.1, -0.05) is 34.4 Å². The van der Waals surface area contributed by atoms with Gasteiger partial charge in [-0.2, -0.15) is 0 Å². The second-order valence-electron chi connectivity index (χ2n) is 4.66. The number of nitrogens with zero attached hydrogens (tertiary/aromatic N) is 3. The van der Waals surface area contributed by atoms with Gasteiger partial charge in [0.2, 0.25) is 0 Å². The Labute approximate surface area is 141 Å². The Morgan fingerprint density at radius 1 is 1.13 bits per heavy atom. The molecule has 0 fully saturated rings. The molecule has 0 aliphatic heterocycles. The summed E-state index contributed by atoms with van der Waals surface area (Å²) in [6.07, 6.45) is 1.37. The first kappa shape index (κ1) is 15.4. The molecule has 3 rings (SSSR count). The summed E-state index contributed by atoms with van der Waals surface area (Å²) in [6.45, 7) is 1.79. The van der Waals surface area contributed by atoms with Gasteiger partial charge >= 0.3 is 0 Å². The summed E-state index contributed by atoms with van der Waals surface area (Å²) in [5.74, 6) is 1.96. The number of nitrogens with one attached hydrogen (secondary N) is 2. The molecule has 0 spiro atoms. The fourth-order valence-electron chi connectivity index (χ4n) is 1.87. The molecule has 0 unspecified atom stereocenters. The van der Waals surface area contributed by atoms with Crippen molar-refractivity contribution in [2.24, 2.45) is 0 Å². The van der Waals surface area contributed by atoms with Gasteiger partial charge in [-0.25, -0.2) is 9.97 Å². The predicted molar refractivity (Wildman–Crippen MR) is 90.7 cm³/mol. The summed E-state index contributed by atoms with van der Waals surface area (Å²) in [6, 6.07) is 6.95. The van der Waals surface area contributed by atoms with Crippen molar-refractivity contribution in [3.8, 4) is 0 Å². The first-order chi connectivity index (χ1) is 11.0. The minimum absolute atomic E-state index is 0.309. The van der Waals surface area contributed by atoms with Crippen LogP contribution in [-0.4, -0.2) is 15.1 Å². The number of aromatic nitrogens is 3. The molecular weight excluding hydrogens is 339 g/mol. The zero-order chi connectivity index (χ0) is 16.4. The minimum atomic E-state index is 0.309. The van der Waals surface area contributed by atoms with Crippen LogP contribution in [0.4, 0.5) is 28.8 Å². The number of nitrogen functional groups attached to an aromatic ring is 1. The van der Waals surface area contributed by atoms with Crippen LogP contribution < -0.4 is 16.4 Å². The van der Waals surface area contributed by atoms with E-state index in [9.17, 15) is 0 Å². The molecule has 2 heterocycles. The number of anilines is 5. The topological polar surface area (TPSA) is 102 Å². The van der Waals surface area contributed by atoms with Gasteiger partial charge in [0.05, 0.1) is 15.7 Å². The quantitative estimate of drug-likeness (QED) is 0.649. The molecule has 0 atom stereocenters. The van der Waals surface area contributed by atoms with Gasteiger partial charge in [0.25, 0.3) is 0 Å². The number of halogens is 2. The molecule has 3 aromatic rings. The third-order valence-electron chi connectivity index (χ3n) is 2.96. The third kappa shape index (κ3) is 3.30. The van der Waals surface area contributed by atoms with Crippen LogP contribution in [0.5, 0.6) is 0 Å². The van der Waals surface area contributed by atoms with Crippen LogP contribution in [0.3, 0.4) is 0 Å². The predicted octanol–water partition coefficient (Wildman–Crippen LogP) is 4.15. The van der Waals surface area contributed by atoms with E-state index in [2.05, 4.69) is 25.8 Å². The van der Waals surface area contributed by atoms with Gasteiger partial charge < -0.3 is 20.9 Å². The molecule has 7 nitrogen and oxygen atoms in total. The number of rotatable bonds is 4. The monoisotopic (exact) mass is 350 g/mol. The van der Waals surface area contributed by atoms with Crippen LogP contribution in [-0.2, 0) is 0 Å². The highest BCUT2D eigenvalue weighted by atomic mass is 35.5. The van der Waals surface area contributed by atoms with E-state index < -0.39 is 0 Å². The molecule has 9 heteroatoms. The van der Waals surface area contributed by atoms with Crippen LogP contribution in [0, 0.1) is 6.92 Å².